The molecule has 17 heavy (non-hydrogen) atoms. The fraction of sp³-hybridized carbons (Fsp3) is 0.417. The van der Waals surface area contributed by atoms with E-state index in [-0.39, 0.29) is 23.0 Å². The van der Waals surface area contributed by atoms with Crippen molar-refractivity contribution in [3.8, 4) is 0 Å². The number of anilines is 1. The van der Waals surface area contributed by atoms with Gasteiger partial charge in [0.15, 0.2) is 0 Å². The van der Waals surface area contributed by atoms with Crippen LogP contribution in [0.3, 0.4) is 0 Å². The van der Waals surface area contributed by atoms with Crippen molar-refractivity contribution in [1.29, 1.82) is 0 Å². The molecule has 3 nitrogen and oxygen atoms in total. The number of benzene rings is 1. The Hall–Kier alpha value is -1.29. The van der Waals surface area contributed by atoms with E-state index in [2.05, 4.69) is 10.1 Å². The summed E-state index contributed by atoms with van der Waals surface area (Å²) in [4.78, 5) is 11.3. The van der Waals surface area contributed by atoms with Gasteiger partial charge in [-0.05, 0) is 32.0 Å². The molecular formula is C12H15ClFNO2. The van der Waals surface area contributed by atoms with Crippen LogP contribution in [-0.4, -0.2) is 19.1 Å². The Balaban J connectivity index is 2.70. The number of hydrogen-bond donors (Lipinski definition) is 1. The maximum atomic E-state index is 13.2. The van der Waals surface area contributed by atoms with Crippen molar-refractivity contribution in [1.82, 2.24) is 0 Å². The van der Waals surface area contributed by atoms with Crippen molar-refractivity contribution in [2.45, 2.75) is 19.9 Å². The molecule has 5 heteroatoms. The average molecular weight is 260 g/mol. The molecule has 0 aliphatic rings. The standard InChI is InChI=1S/C12H15ClFNO2/c1-7(12(16)17-3)8(2)15-9-4-5-10(13)11(14)6-9/h4-8,15H,1-3H3. The van der Waals surface area contributed by atoms with Gasteiger partial charge in [0.25, 0.3) is 0 Å². The summed E-state index contributed by atoms with van der Waals surface area (Å²) in [6.45, 7) is 3.57. The van der Waals surface area contributed by atoms with E-state index in [4.69, 9.17) is 11.6 Å². The van der Waals surface area contributed by atoms with E-state index < -0.39 is 5.82 Å². The average Bonchev–Trinajstić information content (AvgIpc) is 2.31. The lowest BCUT2D eigenvalue weighted by molar-refractivity contribution is -0.145. The van der Waals surface area contributed by atoms with Gasteiger partial charge >= 0.3 is 5.97 Å². The van der Waals surface area contributed by atoms with E-state index >= 15 is 0 Å². The van der Waals surface area contributed by atoms with Gasteiger partial charge in [0.2, 0.25) is 0 Å². The summed E-state index contributed by atoms with van der Waals surface area (Å²) in [5.41, 5.74) is 0.579. The predicted octanol–water partition coefficient (Wildman–Crippen LogP) is 3.09. The van der Waals surface area contributed by atoms with Crippen LogP contribution in [0.1, 0.15) is 13.8 Å². The van der Waals surface area contributed by atoms with Crippen LogP contribution in [0.25, 0.3) is 0 Å². The number of ether oxygens (including phenoxy) is 1. The topological polar surface area (TPSA) is 38.3 Å². The summed E-state index contributed by atoms with van der Waals surface area (Å²) in [5.74, 6) is -1.12. The third-order valence-electron chi connectivity index (χ3n) is 2.64. The molecule has 0 heterocycles. The number of methoxy groups -OCH3 is 1. The van der Waals surface area contributed by atoms with E-state index in [0.29, 0.717) is 5.69 Å². The monoisotopic (exact) mass is 259 g/mol. The molecule has 0 fully saturated rings. The smallest absolute Gasteiger partial charge is 0.310 e. The van der Waals surface area contributed by atoms with Gasteiger partial charge in [0, 0.05) is 11.7 Å². The lowest BCUT2D eigenvalue weighted by Gasteiger charge is -2.20. The summed E-state index contributed by atoms with van der Waals surface area (Å²) in [6.07, 6.45) is 0. The maximum Gasteiger partial charge on any atom is 0.310 e. The van der Waals surface area contributed by atoms with Gasteiger partial charge in [-0.3, -0.25) is 4.79 Å². The Morgan fingerprint density at radius 3 is 2.65 bits per heavy atom. The lowest BCUT2D eigenvalue weighted by Crippen LogP contribution is -2.30. The number of hydrogen-bond acceptors (Lipinski definition) is 3. The van der Waals surface area contributed by atoms with Crippen molar-refractivity contribution < 1.29 is 13.9 Å². The Kier molecular flexibility index (Phi) is 4.75. The van der Waals surface area contributed by atoms with Gasteiger partial charge in [0.05, 0.1) is 18.1 Å². The SMILES string of the molecule is COC(=O)C(C)C(C)Nc1ccc(Cl)c(F)c1. The fourth-order valence-electron chi connectivity index (χ4n) is 1.36. The van der Waals surface area contributed by atoms with Crippen LogP contribution in [0.2, 0.25) is 5.02 Å². The highest BCUT2D eigenvalue weighted by molar-refractivity contribution is 6.30. The van der Waals surface area contributed by atoms with Crippen LogP contribution in [0.5, 0.6) is 0 Å². The summed E-state index contributed by atoms with van der Waals surface area (Å²) in [5, 5.41) is 3.10. The molecule has 2 atom stereocenters. The number of halogens is 2. The third kappa shape index (κ3) is 3.60. The quantitative estimate of drug-likeness (QED) is 0.845. The molecule has 0 saturated heterocycles. The van der Waals surface area contributed by atoms with Crippen molar-refractivity contribution in [3.63, 3.8) is 0 Å². The summed E-state index contributed by atoms with van der Waals surface area (Å²) < 4.78 is 17.8. The first-order chi connectivity index (χ1) is 7.95. The number of carbonyl (C=O) groups excluding carboxylic acids is 1. The van der Waals surface area contributed by atoms with Gasteiger partial charge in [-0.2, -0.15) is 0 Å². The van der Waals surface area contributed by atoms with Crippen molar-refractivity contribution in [2.75, 3.05) is 12.4 Å². The highest BCUT2D eigenvalue weighted by Crippen LogP contribution is 2.20. The van der Waals surface area contributed by atoms with Gasteiger partial charge in [-0.15, -0.1) is 0 Å². The molecular weight excluding hydrogens is 245 g/mol. The highest BCUT2D eigenvalue weighted by Gasteiger charge is 2.20. The first-order valence-electron chi connectivity index (χ1n) is 5.25. The molecule has 0 bridgehead atoms. The minimum Gasteiger partial charge on any atom is -0.469 e. The van der Waals surface area contributed by atoms with E-state index in [1.165, 1.54) is 19.2 Å². The van der Waals surface area contributed by atoms with Crippen LogP contribution in [0.15, 0.2) is 18.2 Å². The normalized spacial score (nSPS) is 13.9. The Morgan fingerprint density at radius 1 is 1.47 bits per heavy atom. The zero-order chi connectivity index (χ0) is 13.0. The maximum absolute atomic E-state index is 13.2. The molecule has 0 spiro atoms. The lowest BCUT2D eigenvalue weighted by atomic mass is 10.0. The van der Waals surface area contributed by atoms with Crippen molar-refractivity contribution in [2.24, 2.45) is 5.92 Å². The van der Waals surface area contributed by atoms with E-state index in [1.54, 1.807) is 13.0 Å². The minimum absolute atomic E-state index is 0.0734. The fourth-order valence-corrected chi connectivity index (χ4v) is 1.48. The molecule has 0 radical (unpaired) electrons. The second-order valence-electron chi connectivity index (χ2n) is 3.87. The van der Waals surface area contributed by atoms with Crippen LogP contribution in [-0.2, 0) is 9.53 Å². The zero-order valence-electron chi connectivity index (χ0n) is 9.96. The first-order valence-corrected chi connectivity index (χ1v) is 5.63. The Morgan fingerprint density at radius 2 is 2.12 bits per heavy atom. The van der Waals surface area contributed by atoms with E-state index in [9.17, 15) is 9.18 Å². The Bertz CT molecular complexity index is 411. The largest absolute Gasteiger partial charge is 0.469 e. The van der Waals surface area contributed by atoms with Crippen molar-refractivity contribution >= 4 is 23.3 Å². The molecule has 0 amide bonds. The molecule has 0 aromatic heterocycles. The molecule has 1 aromatic rings. The van der Waals surface area contributed by atoms with Crippen LogP contribution >= 0.6 is 11.6 Å². The predicted molar refractivity (Wildman–Crippen MR) is 65.7 cm³/mol. The summed E-state index contributed by atoms with van der Waals surface area (Å²) in [7, 11) is 1.34. The second kappa shape index (κ2) is 5.87. The molecule has 1 N–H and O–H groups in total. The molecule has 0 aliphatic heterocycles. The van der Waals surface area contributed by atoms with Crippen LogP contribution in [0, 0.1) is 11.7 Å². The van der Waals surface area contributed by atoms with Crippen LogP contribution < -0.4 is 5.32 Å². The molecule has 1 rings (SSSR count). The molecule has 1 aromatic carbocycles. The number of rotatable bonds is 4. The second-order valence-corrected chi connectivity index (χ2v) is 4.28. The first kappa shape index (κ1) is 13.8. The summed E-state index contributed by atoms with van der Waals surface area (Å²) in [6, 6.07) is 4.26. The van der Waals surface area contributed by atoms with Gasteiger partial charge < -0.3 is 10.1 Å². The van der Waals surface area contributed by atoms with Gasteiger partial charge in [-0.25, -0.2) is 4.39 Å². The minimum atomic E-state index is -0.491. The van der Waals surface area contributed by atoms with Crippen molar-refractivity contribution in [3.05, 3.63) is 29.0 Å². The number of carbonyl (C=O) groups is 1. The number of nitrogens with one attached hydrogen (secondary N) is 1. The molecule has 94 valence electrons. The highest BCUT2D eigenvalue weighted by atomic mass is 35.5. The van der Waals surface area contributed by atoms with E-state index in [0.717, 1.165) is 0 Å². The zero-order valence-corrected chi connectivity index (χ0v) is 10.7. The third-order valence-corrected chi connectivity index (χ3v) is 2.94. The van der Waals surface area contributed by atoms with Gasteiger partial charge in [0.1, 0.15) is 5.82 Å². The number of esters is 1. The molecule has 2 unspecified atom stereocenters. The summed E-state index contributed by atoms with van der Waals surface area (Å²) >= 11 is 5.58. The van der Waals surface area contributed by atoms with Gasteiger partial charge in [-0.1, -0.05) is 11.6 Å². The van der Waals surface area contributed by atoms with Crippen LogP contribution in [0.4, 0.5) is 10.1 Å². The molecule has 0 aliphatic carbocycles. The molecule has 0 saturated carbocycles. The van der Waals surface area contributed by atoms with E-state index in [1.807, 2.05) is 6.92 Å². The Labute approximate surface area is 105 Å².